The van der Waals surface area contributed by atoms with E-state index in [-0.39, 0.29) is 11.8 Å². The highest BCUT2D eigenvalue weighted by atomic mass is 16.5. The van der Waals surface area contributed by atoms with Crippen molar-refractivity contribution in [3.63, 3.8) is 0 Å². The van der Waals surface area contributed by atoms with Crippen LogP contribution in [0.1, 0.15) is 25.6 Å². The number of hydrogen-bond donors (Lipinski definition) is 1. The van der Waals surface area contributed by atoms with Crippen LogP contribution in [-0.2, 0) is 6.61 Å². The van der Waals surface area contributed by atoms with E-state index in [0.29, 0.717) is 6.61 Å². The molecule has 0 saturated carbocycles. The number of benzene rings is 2. The molecule has 0 aliphatic carbocycles. The van der Waals surface area contributed by atoms with Gasteiger partial charge in [0.05, 0.1) is 18.3 Å². The Morgan fingerprint density at radius 1 is 1.04 bits per heavy atom. The third-order valence-electron chi connectivity index (χ3n) is 3.87. The lowest BCUT2D eigenvalue weighted by Gasteiger charge is -2.16. The van der Waals surface area contributed by atoms with Crippen molar-refractivity contribution in [3.8, 4) is 17.2 Å². The topological polar surface area (TPSA) is 43.6 Å². The molecule has 2 aromatic carbocycles. The van der Waals surface area contributed by atoms with Crippen LogP contribution in [0, 0.1) is 0 Å². The Labute approximate surface area is 135 Å². The summed E-state index contributed by atoms with van der Waals surface area (Å²) in [6.07, 6.45) is 0. The zero-order chi connectivity index (χ0) is 16.4. The number of aromatic hydroxyl groups is 1. The summed E-state index contributed by atoms with van der Waals surface area (Å²) in [4.78, 5) is 0. The molecule has 3 aromatic rings. The van der Waals surface area contributed by atoms with Crippen LogP contribution in [-0.4, -0.2) is 16.8 Å². The lowest BCUT2D eigenvalue weighted by atomic mass is 10.2. The Kier molecular flexibility index (Phi) is 4.15. The minimum Gasteiger partial charge on any atom is -0.508 e. The van der Waals surface area contributed by atoms with E-state index in [1.807, 2.05) is 30.3 Å². The average Bonchev–Trinajstić information content (AvgIpc) is 2.90. The molecule has 23 heavy (non-hydrogen) atoms. The molecule has 1 N–H and O–H groups in total. The van der Waals surface area contributed by atoms with Crippen LogP contribution in [0.15, 0.2) is 48.5 Å². The van der Waals surface area contributed by atoms with Crippen LogP contribution in [0.5, 0.6) is 17.2 Å². The molecule has 4 heteroatoms. The van der Waals surface area contributed by atoms with Gasteiger partial charge in [-0.2, -0.15) is 0 Å². The van der Waals surface area contributed by atoms with Gasteiger partial charge in [-0.05, 0) is 44.2 Å². The van der Waals surface area contributed by atoms with Gasteiger partial charge in [-0.15, -0.1) is 0 Å². The fraction of sp³-hybridized carbons (Fsp3) is 0.263. The summed E-state index contributed by atoms with van der Waals surface area (Å²) in [5, 5.41) is 10.9. The third kappa shape index (κ3) is 2.97. The number of nitrogens with zero attached hydrogens (tertiary/aromatic N) is 1. The number of phenols is 1. The Morgan fingerprint density at radius 3 is 2.48 bits per heavy atom. The first kappa shape index (κ1) is 15.3. The largest absolute Gasteiger partial charge is 0.508 e. The Morgan fingerprint density at radius 2 is 1.78 bits per heavy atom. The maximum atomic E-state index is 9.76. The number of rotatable bonds is 5. The first-order chi connectivity index (χ1) is 11.1. The van der Waals surface area contributed by atoms with Crippen LogP contribution in [0.2, 0.25) is 0 Å². The molecule has 1 aromatic heterocycles. The molecular weight excluding hydrogens is 290 g/mol. The second-order valence-electron chi connectivity index (χ2n) is 5.78. The Bertz CT molecular complexity index is 821. The Hall–Kier alpha value is -2.62. The highest BCUT2D eigenvalue weighted by Gasteiger charge is 2.13. The molecule has 0 fully saturated rings. The number of para-hydroxylation sites is 2. The molecule has 0 unspecified atom stereocenters. The first-order valence-corrected chi connectivity index (χ1v) is 7.69. The predicted octanol–water partition coefficient (Wildman–Crippen LogP) is 4.52. The van der Waals surface area contributed by atoms with E-state index in [2.05, 4.69) is 24.5 Å². The molecule has 0 amide bonds. The second-order valence-corrected chi connectivity index (χ2v) is 5.78. The van der Waals surface area contributed by atoms with Gasteiger partial charge < -0.3 is 19.1 Å². The van der Waals surface area contributed by atoms with Gasteiger partial charge in [-0.25, -0.2) is 0 Å². The van der Waals surface area contributed by atoms with E-state index < -0.39 is 0 Å². The van der Waals surface area contributed by atoms with E-state index >= 15 is 0 Å². The third-order valence-corrected chi connectivity index (χ3v) is 3.87. The molecule has 0 spiro atoms. The molecule has 0 bridgehead atoms. The summed E-state index contributed by atoms with van der Waals surface area (Å²) in [5.74, 6) is 1.71. The van der Waals surface area contributed by atoms with E-state index in [4.69, 9.17) is 9.47 Å². The normalized spacial score (nSPS) is 11.1. The number of fused-ring (bicyclic) bond motifs is 1. The van der Waals surface area contributed by atoms with Gasteiger partial charge in [0.2, 0.25) is 0 Å². The van der Waals surface area contributed by atoms with Crippen molar-refractivity contribution in [3.05, 3.63) is 54.2 Å². The van der Waals surface area contributed by atoms with Crippen molar-refractivity contribution < 1.29 is 14.6 Å². The minimum absolute atomic E-state index is 0.269. The minimum atomic E-state index is 0.269. The van der Waals surface area contributed by atoms with Crippen LogP contribution in [0.3, 0.4) is 0 Å². The fourth-order valence-corrected chi connectivity index (χ4v) is 2.88. The van der Waals surface area contributed by atoms with Crippen molar-refractivity contribution in [2.75, 3.05) is 7.11 Å². The van der Waals surface area contributed by atoms with Crippen LogP contribution in [0.4, 0.5) is 0 Å². The molecule has 0 saturated heterocycles. The summed E-state index contributed by atoms with van der Waals surface area (Å²) in [7, 11) is 1.63. The lowest BCUT2D eigenvalue weighted by Crippen LogP contribution is -2.08. The van der Waals surface area contributed by atoms with Crippen molar-refractivity contribution >= 4 is 10.9 Å². The van der Waals surface area contributed by atoms with Crippen molar-refractivity contribution in [2.45, 2.75) is 26.5 Å². The van der Waals surface area contributed by atoms with Gasteiger partial charge in [-0.3, -0.25) is 0 Å². The van der Waals surface area contributed by atoms with E-state index in [1.54, 1.807) is 19.2 Å². The molecule has 0 atom stereocenters. The molecule has 0 aliphatic heterocycles. The SMILES string of the molecule is COc1ccccc1OCc1cc2ccc(O)cc2n1C(C)C. The number of phenolic OH excluding ortho intramolecular Hbond substituents is 1. The number of methoxy groups -OCH3 is 1. The molecule has 120 valence electrons. The van der Waals surface area contributed by atoms with Crippen LogP contribution in [0.25, 0.3) is 10.9 Å². The van der Waals surface area contributed by atoms with E-state index in [0.717, 1.165) is 28.1 Å². The zero-order valence-corrected chi connectivity index (χ0v) is 13.6. The Balaban J connectivity index is 1.95. The van der Waals surface area contributed by atoms with Crippen molar-refractivity contribution in [1.29, 1.82) is 0 Å². The monoisotopic (exact) mass is 311 g/mol. The molecule has 0 aliphatic rings. The predicted molar refractivity (Wildman–Crippen MR) is 91.3 cm³/mol. The standard InChI is InChI=1S/C19H21NO3/c1-13(2)20-15(10-14-8-9-16(21)11-17(14)20)12-23-19-7-5-4-6-18(19)22-3/h4-11,13,21H,12H2,1-3H3. The van der Waals surface area contributed by atoms with Gasteiger partial charge >= 0.3 is 0 Å². The number of hydrogen-bond acceptors (Lipinski definition) is 3. The maximum Gasteiger partial charge on any atom is 0.161 e. The molecule has 0 radical (unpaired) electrons. The van der Waals surface area contributed by atoms with Gasteiger partial charge in [-0.1, -0.05) is 12.1 Å². The van der Waals surface area contributed by atoms with Gasteiger partial charge in [0.25, 0.3) is 0 Å². The van der Waals surface area contributed by atoms with E-state index in [1.165, 1.54) is 0 Å². The summed E-state index contributed by atoms with van der Waals surface area (Å²) in [5.41, 5.74) is 2.07. The molecule has 1 heterocycles. The van der Waals surface area contributed by atoms with Crippen LogP contribution < -0.4 is 9.47 Å². The zero-order valence-electron chi connectivity index (χ0n) is 13.6. The smallest absolute Gasteiger partial charge is 0.161 e. The van der Waals surface area contributed by atoms with Gasteiger partial charge in [0, 0.05) is 17.5 Å². The van der Waals surface area contributed by atoms with Crippen molar-refractivity contribution in [2.24, 2.45) is 0 Å². The molecular formula is C19H21NO3. The van der Waals surface area contributed by atoms with Gasteiger partial charge in [0.1, 0.15) is 12.4 Å². The van der Waals surface area contributed by atoms with Crippen LogP contribution >= 0.6 is 0 Å². The molecule has 4 nitrogen and oxygen atoms in total. The summed E-state index contributed by atoms with van der Waals surface area (Å²) < 4.78 is 13.5. The second kappa shape index (κ2) is 6.24. The van der Waals surface area contributed by atoms with Crippen molar-refractivity contribution in [1.82, 2.24) is 4.57 Å². The summed E-state index contributed by atoms with van der Waals surface area (Å²) in [6, 6.07) is 15.4. The highest BCUT2D eigenvalue weighted by Crippen LogP contribution is 2.30. The lowest BCUT2D eigenvalue weighted by molar-refractivity contribution is 0.274. The quantitative estimate of drug-likeness (QED) is 0.753. The maximum absolute atomic E-state index is 9.76. The average molecular weight is 311 g/mol. The first-order valence-electron chi connectivity index (χ1n) is 7.69. The number of aromatic nitrogens is 1. The fourth-order valence-electron chi connectivity index (χ4n) is 2.88. The van der Waals surface area contributed by atoms with E-state index in [9.17, 15) is 5.11 Å². The summed E-state index contributed by atoms with van der Waals surface area (Å²) in [6.45, 7) is 4.68. The number of ether oxygens (including phenoxy) is 2. The highest BCUT2D eigenvalue weighted by molar-refractivity contribution is 5.83. The summed E-state index contributed by atoms with van der Waals surface area (Å²) >= 11 is 0. The van der Waals surface area contributed by atoms with Gasteiger partial charge in [0.15, 0.2) is 11.5 Å². The molecule has 3 rings (SSSR count).